The van der Waals surface area contributed by atoms with Crippen LogP contribution in [-0.4, -0.2) is 27.5 Å². The Morgan fingerprint density at radius 2 is 1.92 bits per heavy atom. The van der Waals surface area contributed by atoms with Crippen LogP contribution in [0.15, 0.2) is 47.4 Å². The lowest BCUT2D eigenvalue weighted by Gasteiger charge is -2.26. The van der Waals surface area contributed by atoms with Gasteiger partial charge >= 0.3 is 0 Å². The molecular formula is C17H16N2O5S. The molecule has 2 aromatic rings. The van der Waals surface area contributed by atoms with E-state index in [0.717, 1.165) is 5.56 Å². The highest BCUT2D eigenvalue weighted by Gasteiger charge is 2.27. The summed E-state index contributed by atoms with van der Waals surface area (Å²) in [6.07, 6.45) is 0.543. The number of carbonyl (C=O) groups is 1. The molecule has 0 fully saturated rings. The number of carbonyl (C=O) groups excluding carboxylic acids is 1. The molecule has 2 aliphatic heterocycles. The lowest BCUT2D eigenvalue weighted by atomic mass is 10.0. The normalized spacial score (nSPS) is 19.0. The van der Waals surface area contributed by atoms with Crippen LogP contribution in [-0.2, 0) is 14.8 Å². The molecule has 2 N–H and O–H groups in total. The van der Waals surface area contributed by atoms with Crippen LogP contribution in [0.5, 0.6) is 11.5 Å². The predicted molar refractivity (Wildman–Crippen MR) is 90.2 cm³/mol. The zero-order valence-corrected chi connectivity index (χ0v) is 14.0. The van der Waals surface area contributed by atoms with Gasteiger partial charge in [-0.1, -0.05) is 18.2 Å². The van der Waals surface area contributed by atoms with E-state index in [9.17, 15) is 13.2 Å². The third-order valence-corrected chi connectivity index (χ3v) is 5.62. The second-order valence-corrected chi connectivity index (χ2v) is 7.56. The largest absolute Gasteiger partial charge is 0.493 e. The Kier molecular flexibility index (Phi) is 3.85. The van der Waals surface area contributed by atoms with Crippen LogP contribution in [0.3, 0.4) is 0 Å². The number of nitrogens with one attached hydrogen (secondary N) is 2. The van der Waals surface area contributed by atoms with Crippen molar-refractivity contribution in [2.24, 2.45) is 0 Å². The van der Waals surface area contributed by atoms with Gasteiger partial charge in [0.1, 0.15) is 11.5 Å². The molecule has 2 aliphatic rings. The summed E-state index contributed by atoms with van der Waals surface area (Å²) in [5.74, 6) is 0.830. The van der Waals surface area contributed by atoms with Crippen molar-refractivity contribution in [2.75, 3.05) is 18.5 Å². The highest BCUT2D eigenvalue weighted by molar-refractivity contribution is 7.89. The molecule has 0 saturated heterocycles. The summed E-state index contributed by atoms with van der Waals surface area (Å²) in [6.45, 7) is 0.370. The Hall–Kier alpha value is -2.58. The van der Waals surface area contributed by atoms with Crippen LogP contribution in [0.1, 0.15) is 18.0 Å². The molecule has 7 nitrogen and oxygen atoms in total. The molecule has 1 unspecified atom stereocenters. The molecule has 0 aromatic heterocycles. The van der Waals surface area contributed by atoms with Gasteiger partial charge in [0.05, 0.1) is 23.2 Å². The third-order valence-electron chi connectivity index (χ3n) is 4.15. The summed E-state index contributed by atoms with van der Waals surface area (Å²) in [5.41, 5.74) is 1.17. The minimum atomic E-state index is -3.77. The molecule has 1 amide bonds. The Labute approximate surface area is 145 Å². The summed E-state index contributed by atoms with van der Waals surface area (Å²) in [5, 5.41) is 2.62. The Balaban J connectivity index is 1.63. The topological polar surface area (TPSA) is 93.7 Å². The smallest absolute Gasteiger partial charge is 0.262 e. The van der Waals surface area contributed by atoms with Gasteiger partial charge in [-0.15, -0.1) is 0 Å². The quantitative estimate of drug-likeness (QED) is 0.871. The molecule has 0 aliphatic carbocycles. The summed E-state index contributed by atoms with van der Waals surface area (Å²) in [7, 11) is -3.77. The monoisotopic (exact) mass is 360 g/mol. The number of amides is 1. The molecule has 0 saturated carbocycles. The van der Waals surface area contributed by atoms with Crippen LogP contribution in [0, 0.1) is 0 Å². The standard InChI is InChI=1S/C17H16N2O5S/c20-17-10-24-16-6-5-11(9-14(16)18-17)25(21,22)19-13-7-8-23-15-4-2-1-3-12(13)15/h1-6,9,13,19H,7-8,10H2,(H,18,20). The van der Waals surface area contributed by atoms with Gasteiger partial charge in [0.25, 0.3) is 5.91 Å². The fraction of sp³-hybridized carbons (Fsp3) is 0.235. The molecule has 8 heteroatoms. The molecular weight excluding hydrogens is 344 g/mol. The van der Waals surface area contributed by atoms with Crippen molar-refractivity contribution in [2.45, 2.75) is 17.4 Å². The second-order valence-electron chi connectivity index (χ2n) is 5.84. The van der Waals surface area contributed by atoms with Gasteiger partial charge in [0.2, 0.25) is 10.0 Å². The first-order valence-electron chi connectivity index (χ1n) is 7.84. The number of ether oxygens (including phenoxy) is 2. The molecule has 4 rings (SSSR count). The van der Waals surface area contributed by atoms with E-state index in [4.69, 9.17) is 9.47 Å². The van der Waals surface area contributed by atoms with Crippen LogP contribution >= 0.6 is 0 Å². The van der Waals surface area contributed by atoms with Gasteiger partial charge < -0.3 is 14.8 Å². The molecule has 130 valence electrons. The molecule has 0 radical (unpaired) electrons. The number of sulfonamides is 1. The predicted octanol–water partition coefficient (Wildman–Crippen LogP) is 1.82. The molecule has 2 aromatic carbocycles. The van der Waals surface area contributed by atoms with E-state index in [0.29, 0.717) is 30.2 Å². The van der Waals surface area contributed by atoms with Crippen LogP contribution in [0.4, 0.5) is 5.69 Å². The van der Waals surface area contributed by atoms with Crippen LogP contribution in [0.25, 0.3) is 0 Å². The molecule has 0 bridgehead atoms. The van der Waals surface area contributed by atoms with Gasteiger partial charge in [-0.2, -0.15) is 0 Å². The maximum absolute atomic E-state index is 12.8. The Morgan fingerprint density at radius 1 is 1.08 bits per heavy atom. The third kappa shape index (κ3) is 3.06. The van der Waals surface area contributed by atoms with Gasteiger partial charge in [-0.25, -0.2) is 13.1 Å². The maximum atomic E-state index is 12.8. The Morgan fingerprint density at radius 3 is 2.80 bits per heavy atom. The van der Waals surface area contributed by atoms with E-state index in [2.05, 4.69) is 10.0 Å². The van der Waals surface area contributed by atoms with Gasteiger partial charge in [-0.3, -0.25) is 4.79 Å². The van der Waals surface area contributed by atoms with E-state index in [1.54, 1.807) is 6.07 Å². The van der Waals surface area contributed by atoms with Crippen molar-refractivity contribution >= 4 is 21.6 Å². The minimum Gasteiger partial charge on any atom is -0.493 e. The summed E-state index contributed by atoms with van der Waals surface area (Å²) >= 11 is 0. The lowest BCUT2D eigenvalue weighted by molar-refractivity contribution is -0.118. The fourth-order valence-corrected chi connectivity index (χ4v) is 4.22. The highest BCUT2D eigenvalue weighted by atomic mass is 32.2. The van der Waals surface area contributed by atoms with Gasteiger partial charge in [0.15, 0.2) is 6.61 Å². The van der Waals surface area contributed by atoms with E-state index in [-0.39, 0.29) is 23.5 Å². The first kappa shape index (κ1) is 15.9. The van der Waals surface area contributed by atoms with E-state index in [1.165, 1.54) is 12.1 Å². The van der Waals surface area contributed by atoms with Crippen molar-refractivity contribution < 1.29 is 22.7 Å². The van der Waals surface area contributed by atoms with Gasteiger partial charge in [0, 0.05) is 12.0 Å². The zero-order valence-electron chi connectivity index (χ0n) is 13.2. The zero-order chi connectivity index (χ0) is 17.4. The molecule has 0 spiro atoms. The minimum absolute atomic E-state index is 0.0704. The number of fused-ring (bicyclic) bond motifs is 2. The fourth-order valence-electron chi connectivity index (χ4n) is 2.95. The lowest BCUT2D eigenvalue weighted by Crippen LogP contribution is -2.32. The average Bonchev–Trinajstić information content (AvgIpc) is 2.61. The molecule has 1 atom stereocenters. The number of para-hydroxylation sites is 1. The van der Waals surface area contributed by atoms with Crippen LogP contribution < -0.4 is 19.5 Å². The second kappa shape index (κ2) is 6.05. The highest BCUT2D eigenvalue weighted by Crippen LogP contribution is 2.34. The van der Waals surface area contributed by atoms with Crippen molar-refractivity contribution in [3.63, 3.8) is 0 Å². The van der Waals surface area contributed by atoms with E-state index >= 15 is 0 Å². The number of benzene rings is 2. The first-order valence-corrected chi connectivity index (χ1v) is 9.32. The number of hydrogen-bond acceptors (Lipinski definition) is 5. The number of anilines is 1. The van der Waals surface area contributed by atoms with Crippen molar-refractivity contribution in [1.29, 1.82) is 0 Å². The van der Waals surface area contributed by atoms with Crippen LogP contribution in [0.2, 0.25) is 0 Å². The van der Waals surface area contributed by atoms with E-state index in [1.807, 2.05) is 24.3 Å². The molecule has 2 heterocycles. The average molecular weight is 360 g/mol. The van der Waals surface area contributed by atoms with Crippen molar-refractivity contribution in [1.82, 2.24) is 4.72 Å². The first-order chi connectivity index (χ1) is 12.0. The van der Waals surface area contributed by atoms with Crippen molar-refractivity contribution in [3.8, 4) is 11.5 Å². The summed E-state index contributed by atoms with van der Waals surface area (Å²) in [6, 6.07) is 11.4. The summed E-state index contributed by atoms with van der Waals surface area (Å²) < 4.78 is 39.1. The SMILES string of the molecule is O=C1COc2ccc(S(=O)(=O)NC3CCOc4ccccc43)cc2N1. The maximum Gasteiger partial charge on any atom is 0.262 e. The number of rotatable bonds is 3. The Bertz CT molecular complexity index is 942. The molecule has 25 heavy (non-hydrogen) atoms. The summed E-state index contributed by atoms with van der Waals surface area (Å²) in [4.78, 5) is 11.5. The van der Waals surface area contributed by atoms with Crippen molar-refractivity contribution in [3.05, 3.63) is 48.0 Å². The number of hydrogen-bond donors (Lipinski definition) is 2. The van der Waals surface area contributed by atoms with E-state index < -0.39 is 10.0 Å². The van der Waals surface area contributed by atoms with Gasteiger partial charge in [-0.05, 0) is 24.3 Å².